The summed E-state index contributed by atoms with van der Waals surface area (Å²) in [6, 6.07) is 23.6. The standard InChI is InChI=1S/C26H23O2P/c1-3-9-23-15-19-11-5-7-13-21(19)17-25(23)29(27,28)26-18-22-14-8-6-12-20(22)16-24(26)10-4-2/h3-8,11-18H,1-2,9-10H2,(H,27,28). The van der Waals surface area contributed by atoms with Crippen LogP contribution in [-0.2, 0) is 17.4 Å². The van der Waals surface area contributed by atoms with Crippen molar-refractivity contribution in [3.8, 4) is 0 Å². The maximum Gasteiger partial charge on any atom is 0.259 e. The Morgan fingerprint density at radius 3 is 1.38 bits per heavy atom. The first-order valence-corrected chi connectivity index (χ1v) is 11.3. The fraction of sp³-hybridized carbons (Fsp3) is 0.0769. The lowest BCUT2D eigenvalue weighted by atomic mass is 10.0. The van der Waals surface area contributed by atoms with Crippen LogP contribution < -0.4 is 10.6 Å². The van der Waals surface area contributed by atoms with Crippen molar-refractivity contribution in [2.45, 2.75) is 12.8 Å². The molecule has 0 atom stereocenters. The Labute approximate surface area is 171 Å². The van der Waals surface area contributed by atoms with Crippen LogP contribution in [0.2, 0.25) is 0 Å². The van der Waals surface area contributed by atoms with E-state index in [1.54, 1.807) is 12.2 Å². The molecule has 2 nitrogen and oxygen atoms in total. The Morgan fingerprint density at radius 1 is 0.690 bits per heavy atom. The summed E-state index contributed by atoms with van der Waals surface area (Å²) in [6.07, 6.45) is 4.63. The summed E-state index contributed by atoms with van der Waals surface area (Å²) < 4.78 is 14.0. The van der Waals surface area contributed by atoms with Gasteiger partial charge in [0, 0.05) is 10.6 Å². The largest absolute Gasteiger partial charge is 0.338 e. The molecule has 0 amide bonds. The van der Waals surface area contributed by atoms with Gasteiger partial charge in [-0.1, -0.05) is 72.8 Å². The van der Waals surface area contributed by atoms with E-state index in [1.165, 1.54) is 0 Å². The van der Waals surface area contributed by atoms with E-state index < -0.39 is 7.37 Å². The number of fused-ring (bicyclic) bond motifs is 2. The number of hydrogen-bond acceptors (Lipinski definition) is 1. The fourth-order valence-corrected chi connectivity index (χ4v) is 5.86. The van der Waals surface area contributed by atoms with Crippen molar-refractivity contribution in [1.82, 2.24) is 0 Å². The lowest BCUT2D eigenvalue weighted by Crippen LogP contribution is -2.22. The molecule has 4 aromatic carbocycles. The molecular weight excluding hydrogens is 375 g/mol. The van der Waals surface area contributed by atoms with E-state index in [-0.39, 0.29) is 0 Å². The van der Waals surface area contributed by atoms with Gasteiger partial charge in [-0.25, -0.2) is 0 Å². The molecule has 0 aliphatic rings. The number of allylic oxidation sites excluding steroid dienone is 2. The van der Waals surface area contributed by atoms with E-state index in [4.69, 9.17) is 0 Å². The Balaban J connectivity index is 2.00. The van der Waals surface area contributed by atoms with Crippen molar-refractivity contribution in [2.75, 3.05) is 0 Å². The van der Waals surface area contributed by atoms with Gasteiger partial charge in [-0.05, 0) is 57.6 Å². The van der Waals surface area contributed by atoms with E-state index >= 15 is 0 Å². The van der Waals surface area contributed by atoms with Crippen molar-refractivity contribution < 1.29 is 9.46 Å². The van der Waals surface area contributed by atoms with E-state index in [9.17, 15) is 9.46 Å². The monoisotopic (exact) mass is 398 g/mol. The second-order valence-corrected chi connectivity index (χ2v) is 9.33. The van der Waals surface area contributed by atoms with Crippen LogP contribution >= 0.6 is 7.37 Å². The molecule has 0 aliphatic heterocycles. The first kappa shape index (κ1) is 19.4. The second-order valence-electron chi connectivity index (χ2n) is 7.22. The van der Waals surface area contributed by atoms with Crippen LogP contribution in [0, 0.1) is 0 Å². The molecule has 0 unspecified atom stereocenters. The Kier molecular flexibility index (Phi) is 5.24. The second kappa shape index (κ2) is 7.83. The molecule has 0 aromatic heterocycles. The van der Waals surface area contributed by atoms with Gasteiger partial charge in [-0.15, -0.1) is 13.2 Å². The maximum absolute atomic E-state index is 14.0. The highest BCUT2D eigenvalue weighted by Crippen LogP contribution is 2.42. The molecular formula is C26H23O2P. The van der Waals surface area contributed by atoms with Gasteiger partial charge in [0.1, 0.15) is 0 Å². The third kappa shape index (κ3) is 3.58. The molecule has 144 valence electrons. The van der Waals surface area contributed by atoms with E-state index in [1.807, 2.05) is 72.8 Å². The van der Waals surface area contributed by atoms with Gasteiger partial charge in [-0.3, -0.25) is 4.57 Å². The maximum atomic E-state index is 14.0. The zero-order chi connectivity index (χ0) is 20.4. The number of hydrogen-bond donors (Lipinski definition) is 1. The molecule has 0 heterocycles. The Hall–Kier alpha value is -2.93. The molecule has 3 heteroatoms. The molecule has 1 N–H and O–H groups in total. The lowest BCUT2D eigenvalue weighted by molar-refractivity contribution is 0.500. The van der Waals surface area contributed by atoms with Gasteiger partial charge in [0.2, 0.25) is 0 Å². The summed E-state index contributed by atoms with van der Waals surface area (Å²) in [4.78, 5) is 11.5. The van der Waals surface area contributed by atoms with Crippen LogP contribution in [0.1, 0.15) is 11.1 Å². The highest BCUT2D eigenvalue weighted by Gasteiger charge is 2.30. The predicted molar refractivity (Wildman–Crippen MR) is 125 cm³/mol. The highest BCUT2D eigenvalue weighted by molar-refractivity contribution is 7.73. The van der Waals surface area contributed by atoms with Gasteiger partial charge < -0.3 is 4.89 Å². The minimum atomic E-state index is -3.84. The summed E-state index contributed by atoms with van der Waals surface area (Å²) >= 11 is 0. The van der Waals surface area contributed by atoms with Gasteiger partial charge >= 0.3 is 0 Å². The summed E-state index contributed by atoms with van der Waals surface area (Å²) in [7, 11) is -3.84. The summed E-state index contributed by atoms with van der Waals surface area (Å²) in [5.74, 6) is 0. The average Bonchev–Trinajstić information content (AvgIpc) is 2.73. The first-order chi connectivity index (χ1) is 14.0. The topological polar surface area (TPSA) is 37.3 Å². The molecule has 4 rings (SSSR count). The van der Waals surface area contributed by atoms with Crippen LogP contribution in [0.25, 0.3) is 21.5 Å². The molecule has 0 saturated carbocycles. The van der Waals surface area contributed by atoms with Gasteiger partial charge in [0.25, 0.3) is 7.37 Å². The quantitative estimate of drug-likeness (QED) is 0.336. The molecule has 4 aromatic rings. The van der Waals surface area contributed by atoms with Crippen LogP contribution in [0.3, 0.4) is 0 Å². The summed E-state index contributed by atoms with van der Waals surface area (Å²) in [6.45, 7) is 7.67. The van der Waals surface area contributed by atoms with Crippen molar-refractivity contribution >= 4 is 39.5 Å². The molecule has 0 aliphatic carbocycles. The normalized spacial score (nSPS) is 11.6. The zero-order valence-electron chi connectivity index (χ0n) is 16.2. The Morgan fingerprint density at radius 2 is 1.03 bits per heavy atom. The van der Waals surface area contributed by atoms with E-state index in [2.05, 4.69) is 13.2 Å². The van der Waals surface area contributed by atoms with Crippen molar-refractivity contribution in [3.63, 3.8) is 0 Å². The summed E-state index contributed by atoms with van der Waals surface area (Å²) in [5.41, 5.74) is 1.67. The van der Waals surface area contributed by atoms with Crippen molar-refractivity contribution in [1.29, 1.82) is 0 Å². The van der Waals surface area contributed by atoms with E-state index in [0.717, 1.165) is 32.7 Å². The lowest BCUT2D eigenvalue weighted by Gasteiger charge is -2.20. The smallest absolute Gasteiger partial charge is 0.259 e. The number of benzene rings is 4. The van der Waals surface area contributed by atoms with Crippen LogP contribution in [-0.4, -0.2) is 4.89 Å². The molecule has 0 bridgehead atoms. The van der Waals surface area contributed by atoms with Gasteiger partial charge in [0.15, 0.2) is 0 Å². The van der Waals surface area contributed by atoms with Crippen LogP contribution in [0.4, 0.5) is 0 Å². The van der Waals surface area contributed by atoms with E-state index in [0.29, 0.717) is 23.5 Å². The molecule has 0 spiro atoms. The minimum absolute atomic E-state index is 0.483. The highest BCUT2D eigenvalue weighted by atomic mass is 31.2. The van der Waals surface area contributed by atoms with Crippen molar-refractivity contribution in [2.24, 2.45) is 0 Å². The fourth-order valence-electron chi connectivity index (χ4n) is 3.88. The molecule has 0 fully saturated rings. The average molecular weight is 398 g/mol. The zero-order valence-corrected chi connectivity index (χ0v) is 17.1. The molecule has 0 radical (unpaired) electrons. The molecule has 0 saturated heterocycles. The molecule has 29 heavy (non-hydrogen) atoms. The third-order valence-corrected chi connectivity index (χ3v) is 7.41. The van der Waals surface area contributed by atoms with Gasteiger partial charge in [-0.2, -0.15) is 0 Å². The predicted octanol–water partition coefficient (Wildman–Crippen LogP) is 5.67. The summed E-state index contributed by atoms with van der Waals surface area (Å²) in [5, 5.41) is 4.98. The van der Waals surface area contributed by atoms with Gasteiger partial charge in [0.05, 0.1) is 0 Å². The minimum Gasteiger partial charge on any atom is -0.338 e. The third-order valence-electron chi connectivity index (χ3n) is 5.28. The number of rotatable bonds is 6. The van der Waals surface area contributed by atoms with Crippen molar-refractivity contribution in [3.05, 3.63) is 109 Å². The van der Waals surface area contributed by atoms with Crippen LogP contribution in [0.5, 0.6) is 0 Å². The Bertz CT molecular complexity index is 1190. The van der Waals surface area contributed by atoms with Crippen LogP contribution in [0.15, 0.2) is 98.1 Å². The first-order valence-electron chi connectivity index (χ1n) is 9.63. The SMILES string of the molecule is C=CCc1cc2ccccc2cc1P(=O)(O)c1cc2ccccc2cc1CC=C.